The smallest absolute Gasteiger partial charge is 0.372 e. The fourth-order valence-electron chi connectivity index (χ4n) is 4.25. The van der Waals surface area contributed by atoms with Crippen molar-refractivity contribution in [2.45, 2.75) is 52.0 Å². The number of ether oxygens (including phenoxy) is 4. The molecule has 0 aliphatic rings. The van der Waals surface area contributed by atoms with Crippen molar-refractivity contribution in [2.24, 2.45) is 0 Å². The molecule has 3 aromatic carbocycles. The molecular formula is C30H35NO6. The summed E-state index contributed by atoms with van der Waals surface area (Å²) >= 11 is 0. The third-order valence-corrected chi connectivity index (χ3v) is 5.94. The van der Waals surface area contributed by atoms with Crippen molar-refractivity contribution in [3.05, 3.63) is 91.0 Å². The van der Waals surface area contributed by atoms with Crippen LogP contribution in [0.25, 0.3) is 0 Å². The van der Waals surface area contributed by atoms with Gasteiger partial charge in [0.25, 0.3) is 11.4 Å². The van der Waals surface area contributed by atoms with E-state index in [4.69, 9.17) is 18.9 Å². The van der Waals surface area contributed by atoms with Gasteiger partial charge in [-0.2, -0.15) is 0 Å². The molecule has 3 aromatic rings. The molecule has 7 nitrogen and oxygen atoms in total. The largest absolute Gasteiger partial charge is 0.462 e. The molecule has 0 aromatic heterocycles. The first-order valence-electron chi connectivity index (χ1n) is 12.6. The molecule has 0 N–H and O–H groups in total. The van der Waals surface area contributed by atoms with Crippen LogP contribution in [0, 0.1) is 0 Å². The Morgan fingerprint density at radius 1 is 0.595 bits per heavy atom. The van der Waals surface area contributed by atoms with Crippen LogP contribution in [-0.2, 0) is 19.1 Å². The molecule has 0 saturated heterocycles. The minimum atomic E-state index is -1.78. The topological polar surface area (TPSA) is 74.3 Å². The van der Waals surface area contributed by atoms with Gasteiger partial charge in [-0.05, 0) is 50.2 Å². The number of benzene rings is 3. The average molecular weight is 506 g/mol. The van der Waals surface area contributed by atoms with E-state index in [2.05, 4.69) is 0 Å². The number of hydrogen-bond acceptors (Lipinski definition) is 7. The Balaban J connectivity index is 2.36. The molecule has 0 bridgehead atoms. The molecule has 0 aliphatic carbocycles. The predicted molar refractivity (Wildman–Crippen MR) is 142 cm³/mol. The molecule has 2 atom stereocenters. The maximum atomic E-state index is 13.9. The monoisotopic (exact) mass is 505 g/mol. The quantitative estimate of drug-likeness (QED) is 0.209. The van der Waals surface area contributed by atoms with Gasteiger partial charge in [-0.3, -0.25) is 4.90 Å². The lowest BCUT2D eigenvalue weighted by Crippen LogP contribution is -2.72. The zero-order valence-electron chi connectivity index (χ0n) is 21.9. The molecule has 2 unspecified atom stereocenters. The second kappa shape index (κ2) is 12.8. The van der Waals surface area contributed by atoms with Gasteiger partial charge in [0.15, 0.2) is 0 Å². The van der Waals surface area contributed by atoms with Gasteiger partial charge in [-0.25, -0.2) is 9.59 Å². The summed E-state index contributed by atoms with van der Waals surface area (Å²) < 4.78 is 24.2. The van der Waals surface area contributed by atoms with Gasteiger partial charge < -0.3 is 18.9 Å². The summed E-state index contributed by atoms with van der Waals surface area (Å²) in [5, 5.41) is 0. The van der Waals surface area contributed by atoms with Crippen LogP contribution in [-0.4, -0.2) is 36.6 Å². The SMILES string of the molecule is CCOC(=O)C(CC)(Oc1ccccc1)N(c1ccccc1)C(CC)(Oc1ccccc1)C(=O)OCC. The van der Waals surface area contributed by atoms with Crippen molar-refractivity contribution in [3.8, 4) is 11.5 Å². The summed E-state index contributed by atoms with van der Waals surface area (Å²) in [5.41, 5.74) is -3.04. The van der Waals surface area contributed by atoms with Crippen LogP contribution in [0.1, 0.15) is 40.5 Å². The number of rotatable bonds is 13. The summed E-state index contributed by atoms with van der Waals surface area (Å²) in [6.07, 6.45) is 0.268. The van der Waals surface area contributed by atoms with Gasteiger partial charge >= 0.3 is 11.9 Å². The van der Waals surface area contributed by atoms with Gasteiger partial charge in [-0.15, -0.1) is 0 Å². The number of carbonyl (C=O) groups excluding carboxylic acids is 2. The molecule has 0 fully saturated rings. The Kier molecular flexibility index (Phi) is 9.55. The lowest BCUT2D eigenvalue weighted by molar-refractivity contribution is -0.176. The van der Waals surface area contributed by atoms with Gasteiger partial charge in [0.2, 0.25) is 0 Å². The fourth-order valence-corrected chi connectivity index (χ4v) is 4.25. The van der Waals surface area contributed by atoms with E-state index in [1.807, 2.05) is 68.4 Å². The highest BCUT2D eigenvalue weighted by molar-refractivity contribution is 5.91. The molecule has 0 radical (unpaired) electrons. The first kappa shape index (κ1) is 27.6. The first-order chi connectivity index (χ1) is 18.0. The molecular weight excluding hydrogens is 470 g/mol. The molecule has 0 amide bonds. The highest BCUT2D eigenvalue weighted by atomic mass is 16.6. The van der Waals surface area contributed by atoms with Crippen molar-refractivity contribution in [1.29, 1.82) is 0 Å². The summed E-state index contributed by atoms with van der Waals surface area (Å²) in [7, 11) is 0. The van der Waals surface area contributed by atoms with Crippen molar-refractivity contribution < 1.29 is 28.5 Å². The standard InChI is InChI=1S/C30H35NO6/c1-5-29(27(32)34-7-3,36-25-20-14-10-15-21-25)31(24-18-12-9-13-19-24)30(6-2,28(33)35-8-4)37-26-22-16-11-17-23-26/h9-23H,5-8H2,1-4H3. The van der Waals surface area contributed by atoms with Crippen LogP contribution in [0.5, 0.6) is 11.5 Å². The summed E-state index contributed by atoms with van der Waals surface area (Å²) in [6, 6.07) is 27.1. The Bertz CT molecular complexity index is 1050. The van der Waals surface area contributed by atoms with Crippen molar-refractivity contribution in [1.82, 2.24) is 0 Å². The Morgan fingerprint density at radius 2 is 0.946 bits per heavy atom. The van der Waals surface area contributed by atoms with E-state index in [0.29, 0.717) is 17.2 Å². The van der Waals surface area contributed by atoms with E-state index in [0.717, 1.165) is 0 Å². The van der Waals surface area contributed by atoms with Crippen molar-refractivity contribution in [3.63, 3.8) is 0 Å². The lowest BCUT2D eigenvalue weighted by Gasteiger charge is -2.50. The summed E-state index contributed by atoms with van der Waals surface area (Å²) in [5.74, 6) is -0.424. The number of para-hydroxylation sites is 3. The van der Waals surface area contributed by atoms with E-state index >= 15 is 0 Å². The zero-order chi connectivity index (χ0) is 26.7. The van der Waals surface area contributed by atoms with Gasteiger partial charge in [-0.1, -0.05) is 68.4 Å². The fraction of sp³-hybridized carbons (Fsp3) is 0.333. The minimum absolute atomic E-state index is 0.124. The number of hydrogen-bond donors (Lipinski definition) is 0. The third kappa shape index (κ3) is 5.88. The predicted octanol–water partition coefficient (Wildman–Crippen LogP) is 5.99. The number of carbonyl (C=O) groups is 2. The van der Waals surface area contributed by atoms with Crippen molar-refractivity contribution in [2.75, 3.05) is 18.1 Å². The number of esters is 2. The number of nitrogens with zero attached hydrogens (tertiary/aromatic N) is 1. The molecule has 0 saturated carbocycles. The van der Waals surface area contributed by atoms with Crippen LogP contribution in [0.3, 0.4) is 0 Å². The zero-order valence-corrected chi connectivity index (χ0v) is 21.9. The van der Waals surface area contributed by atoms with Crippen LogP contribution >= 0.6 is 0 Å². The highest BCUT2D eigenvalue weighted by Gasteiger charge is 2.60. The molecule has 3 rings (SSSR count). The van der Waals surface area contributed by atoms with Crippen LogP contribution in [0.4, 0.5) is 5.69 Å². The van der Waals surface area contributed by atoms with Gasteiger partial charge in [0.1, 0.15) is 11.5 Å². The summed E-state index contributed by atoms with van der Waals surface area (Å²) in [6.45, 7) is 7.33. The average Bonchev–Trinajstić information content (AvgIpc) is 2.94. The maximum absolute atomic E-state index is 13.9. The second-order valence-electron chi connectivity index (χ2n) is 8.22. The minimum Gasteiger partial charge on any atom is -0.462 e. The molecule has 37 heavy (non-hydrogen) atoms. The lowest BCUT2D eigenvalue weighted by atomic mass is 9.98. The second-order valence-corrected chi connectivity index (χ2v) is 8.22. The van der Waals surface area contributed by atoms with Crippen molar-refractivity contribution >= 4 is 17.6 Å². The van der Waals surface area contributed by atoms with E-state index in [9.17, 15) is 9.59 Å². The molecule has 0 spiro atoms. The Labute approximate surface area is 218 Å². The first-order valence-corrected chi connectivity index (χ1v) is 12.6. The Morgan fingerprint density at radius 3 is 1.27 bits per heavy atom. The van der Waals surface area contributed by atoms with Crippen LogP contribution in [0.2, 0.25) is 0 Å². The van der Waals surface area contributed by atoms with Gasteiger partial charge in [0, 0.05) is 18.5 Å². The molecule has 0 aliphatic heterocycles. The molecule has 196 valence electrons. The highest BCUT2D eigenvalue weighted by Crippen LogP contribution is 2.41. The normalized spacial score (nSPS) is 13.9. The van der Waals surface area contributed by atoms with E-state index in [1.54, 1.807) is 55.1 Å². The molecule has 7 heteroatoms. The van der Waals surface area contributed by atoms with E-state index < -0.39 is 23.4 Å². The maximum Gasteiger partial charge on any atom is 0.372 e. The van der Waals surface area contributed by atoms with Crippen LogP contribution in [0.15, 0.2) is 91.0 Å². The molecule has 0 heterocycles. The van der Waals surface area contributed by atoms with Gasteiger partial charge in [0.05, 0.1) is 13.2 Å². The third-order valence-electron chi connectivity index (χ3n) is 5.94. The van der Waals surface area contributed by atoms with E-state index in [-0.39, 0.29) is 26.1 Å². The number of anilines is 1. The Hall–Kier alpha value is -4.00. The van der Waals surface area contributed by atoms with Crippen LogP contribution < -0.4 is 14.4 Å². The van der Waals surface area contributed by atoms with E-state index in [1.165, 1.54) is 0 Å². The summed E-state index contributed by atoms with van der Waals surface area (Å²) in [4.78, 5) is 29.4.